The molecule has 1 heterocycles. The molecule has 20 heavy (non-hydrogen) atoms. The van der Waals surface area contributed by atoms with E-state index in [1.54, 1.807) is 0 Å². The van der Waals surface area contributed by atoms with Crippen LogP contribution in [0.15, 0.2) is 52.9 Å². The summed E-state index contributed by atoms with van der Waals surface area (Å²) in [6.45, 7) is 0. The minimum Gasteiger partial charge on any atom is -0.456 e. The molecule has 0 fully saturated rings. The summed E-state index contributed by atoms with van der Waals surface area (Å²) in [6.07, 6.45) is 0. The molecule has 0 aliphatic heterocycles. The number of rotatable bonds is 0. The second kappa shape index (κ2) is 3.75. The highest BCUT2D eigenvalue weighted by molar-refractivity contribution is 6.19. The molecule has 4 aromatic rings. The fourth-order valence-electron chi connectivity index (χ4n) is 2.69. The molecule has 94 valence electrons. The molecule has 0 unspecified atom stereocenters. The van der Waals surface area contributed by atoms with Crippen LogP contribution >= 0.6 is 0 Å². The summed E-state index contributed by atoms with van der Waals surface area (Å²) < 4.78 is 5.85. The summed E-state index contributed by atoms with van der Waals surface area (Å²) in [5, 5.41) is 13.2. The Balaban J connectivity index is 2.25. The maximum absolute atomic E-state index is 8.99. The average Bonchev–Trinajstić information content (AvgIpc) is 2.84. The largest absolute Gasteiger partial charge is 0.456 e. The third kappa shape index (κ3) is 1.39. The molecule has 0 atom stereocenters. The number of nitrogen functional groups attached to an aromatic ring is 1. The Bertz CT molecular complexity index is 1020. The van der Waals surface area contributed by atoms with E-state index in [2.05, 4.69) is 6.07 Å². The van der Waals surface area contributed by atoms with Crippen molar-refractivity contribution >= 4 is 38.4 Å². The maximum Gasteiger partial charge on any atom is 0.136 e. The lowest BCUT2D eigenvalue weighted by molar-refractivity contribution is 0.669. The van der Waals surface area contributed by atoms with Crippen LogP contribution in [0.25, 0.3) is 32.7 Å². The van der Waals surface area contributed by atoms with Gasteiger partial charge in [0.25, 0.3) is 0 Å². The van der Waals surface area contributed by atoms with E-state index < -0.39 is 0 Å². The zero-order chi connectivity index (χ0) is 13.7. The molecule has 0 saturated heterocycles. The van der Waals surface area contributed by atoms with Gasteiger partial charge in [0.15, 0.2) is 0 Å². The zero-order valence-electron chi connectivity index (χ0n) is 10.6. The number of fused-ring (bicyclic) bond motifs is 5. The molecule has 1 aromatic heterocycles. The third-order valence-corrected chi connectivity index (χ3v) is 3.60. The van der Waals surface area contributed by atoms with E-state index in [-0.39, 0.29) is 0 Å². The predicted molar refractivity (Wildman–Crippen MR) is 80.4 cm³/mol. The predicted octanol–water partition coefficient (Wildman–Crippen LogP) is 4.19. The van der Waals surface area contributed by atoms with E-state index in [4.69, 9.17) is 15.4 Å². The first-order chi connectivity index (χ1) is 9.76. The lowest BCUT2D eigenvalue weighted by atomic mass is 10.0. The Hall–Kier alpha value is -2.99. The number of anilines is 1. The van der Waals surface area contributed by atoms with Gasteiger partial charge in [-0.15, -0.1) is 0 Å². The summed E-state index contributed by atoms with van der Waals surface area (Å²) in [5.74, 6) is 0. The topological polar surface area (TPSA) is 63.0 Å². The van der Waals surface area contributed by atoms with E-state index >= 15 is 0 Å². The van der Waals surface area contributed by atoms with Gasteiger partial charge in [0.2, 0.25) is 0 Å². The molecule has 0 aliphatic rings. The molecule has 0 bridgehead atoms. The van der Waals surface area contributed by atoms with Gasteiger partial charge in [-0.05, 0) is 47.2 Å². The van der Waals surface area contributed by atoms with Gasteiger partial charge in [0.1, 0.15) is 11.2 Å². The molecular formula is C17H10N2O. The molecule has 0 spiro atoms. The van der Waals surface area contributed by atoms with Gasteiger partial charge in [0.05, 0.1) is 11.6 Å². The lowest BCUT2D eigenvalue weighted by Crippen LogP contribution is -1.82. The summed E-state index contributed by atoms with van der Waals surface area (Å²) in [7, 11) is 0. The minimum absolute atomic E-state index is 0.657. The minimum atomic E-state index is 0.657. The van der Waals surface area contributed by atoms with Crippen molar-refractivity contribution in [2.75, 3.05) is 5.73 Å². The highest BCUT2D eigenvalue weighted by atomic mass is 16.3. The van der Waals surface area contributed by atoms with Crippen molar-refractivity contribution in [1.82, 2.24) is 0 Å². The number of hydrogen-bond acceptors (Lipinski definition) is 3. The molecule has 0 saturated carbocycles. The first-order valence-electron chi connectivity index (χ1n) is 6.31. The van der Waals surface area contributed by atoms with Gasteiger partial charge < -0.3 is 10.2 Å². The molecule has 0 amide bonds. The van der Waals surface area contributed by atoms with Crippen LogP contribution < -0.4 is 5.73 Å². The van der Waals surface area contributed by atoms with E-state index in [0.717, 1.165) is 32.7 Å². The second-order valence-electron chi connectivity index (χ2n) is 4.84. The highest BCUT2D eigenvalue weighted by Gasteiger charge is 2.10. The number of nitrogens with two attached hydrogens (primary N) is 1. The Morgan fingerprint density at radius 1 is 0.900 bits per heavy atom. The SMILES string of the molecule is N#Cc1ccc2c(ccc3oc4ccc(N)cc4c32)c1. The first kappa shape index (κ1) is 10.9. The van der Waals surface area contributed by atoms with Crippen LogP contribution in [-0.2, 0) is 0 Å². The summed E-state index contributed by atoms with van der Waals surface area (Å²) in [5.41, 5.74) is 8.91. The van der Waals surface area contributed by atoms with Crippen LogP contribution in [-0.4, -0.2) is 0 Å². The van der Waals surface area contributed by atoms with Crippen LogP contribution in [0, 0.1) is 11.3 Å². The van der Waals surface area contributed by atoms with E-state index in [9.17, 15) is 0 Å². The number of nitrogens with zero attached hydrogens (tertiary/aromatic N) is 1. The first-order valence-corrected chi connectivity index (χ1v) is 6.31. The van der Waals surface area contributed by atoms with Crippen LogP contribution in [0.5, 0.6) is 0 Å². The van der Waals surface area contributed by atoms with Crippen molar-refractivity contribution in [3.63, 3.8) is 0 Å². The number of nitriles is 1. The molecule has 3 heteroatoms. The molecular weight excluding hydrogens is 248 g/mol. The quantitative estimate of drug-likeness (QED) is 0.481. The highest BCUT2D eigenvalue weighted by Crippen LogP contribution is 2.35. The van der Waals surface area contributed by atoms with E-state index in [1.165, 1.54) is 0 Å². The molecule has 3 aromatic carbocycles. The summed E-state index contributed by atoms with van der Waals surface area (Å²) in [4.78, 5) is 0. The Kier molecular flexibility index (Phi) is 2.04. The van der Waals surface area contributed by atoms with Crippen molar-refractivity contribution in [3.05, 3.63) is 54.1 Å². The summed E-state index contributed by atoms with van der Waals surface area (Å²) >= 11 is 0. The Morgan fingerprint density at radius 2 is 1.75 bits per heavy atom. The van der Waals surface area contributed by atoms with Crippen LogP contribution in [0.1, 0.15) is 5.56 Å². The van der Waals surface area contributed by atoms with Gasteiger partial charge >= 0.3 is 0 Å². The number of furan rings is 1. The number of hydrogen-bond donors (Lipinski definition) is 1. The summed E-state index contributed by atoms with van der Waals surface area (Å²) in [6, 6.07) is 17.4. The van der Waals surface area contributed by atoms with Crippen LogP contribution in [0.4, 0.5) is 5.69 Å². The molecule has 0 radical (unpaired) electrons. The van der Waals surface area contributed by atoms with Crippen molar-refractivity contribution in [3.8, 4) is 6.07 Å². The smallest absolute Gasteiger partial charge is 0.136 e. The maximum atomic E-state index is 8.99. The van der Waals surface area contributed by atoms with Crippen LogP contribution in [0.2, 0.25) is 0 Å². The standard InChI is InChI=1S/C17H10N2O/c18-9-10-1-4-13-11(7-10)2-5-16-17(13)14-8-12(19)3-6-15(14)20-16/h1-8H,19H2. The van der Waals surface area contributed by atoms with E-state index in [0.29, 0.717) is 11.3 Å². The van der Waals surface area contributed by atoms with Gasteiger partial charge in [-0.1, -0.05) is 12.1 Å². The monoisotopic (exact) mass is 258 g/mol. The normalized spacial score (nSPS) is 11.2. The Labute approximate surface area is 114 Å². The third-order valence-electron chi connectivity index (χ3n) is 3.60. The lowest BCUT2D eigenvalue weighted by Gasteiger charge is -2.00. The van der Waals surface area contributed by atoms with Gasteiger partial charge in [-0.2, -0.15) is 5.26 Å². The molecule has 3 nitrogen and oxygen atoms in total. The number of benzene rings is 3. The fourth-order valence-corrected chi connectivity index (χ4v) is 2.69. The van der Waals surface area contributed by atoms with Gasteiger partial charge in [0, 0.05) is 16.5 Å². The van der Waals surface area contributed by atoms with Gasteiger partial charge in [-0.25, -0.2) is 0 Å². The molecule has 4 rings (SSSR count). The molecule has 2 N–H and O–H groups in total. The van der Waals surface area contributed by atoms with Crippen LogP contribution in [0.3, 0.4) is 0 Å². The molecule has 0 aliphatic carbocycles. The van der Waals surface area contributed by atoms with Crippen molar-refractivity contribution < 1.29 is 4.42 Å². The fraction of sp³-hybridized carbons (Fsp3) is 0. The van der Waals surface area contributed by atoms with Crippen molar-refractivity contribution in [2.45, 2.75) is 0 Å². The van der Waals surface area contributed by atoms with Crippen molar-refractivity contribution in [1.29, 1.82) is 5.26 Å². The van der Waals surface area contributed by atoms with E-state index in [1.807, 2.05) is 48.5 Å². The average molecular weight is 258 g/mol. The zero-order valence-corrected chi connectivity index (χ0v) is 10.6. The second-order valence-corrected chi connectivity index (χ2v) is 4.84. The Morgan fingerprint density at radius 3 is 2.60 bits per heavy atom. The van der Waals surface area contributed by atoms with Gasteiger partial charge in [-0.3, -0.25) is 0 Å². The van der Waals surface area contributed by atoms with Crippen molar-refractivity contribution in [2.24, 2.45) is 0 Å².